The molecular formula is C16H13BrFN3O. The molecule has 2 aromatic carbocycles. The molecule has 1 aromatic heterocycles. The molecule has 0 aliphatic heterocycles. The molecule has 0 bridgehead atoms. The lowest BCUT2D eigenvalue weighted by Crippen LogP contribution is -2.26. The molecule has 6 heteroatoms. The van der Waals surface area contributed by atoms with E-state index < -0.39 is 5.82 Å². The van der Waals surface area contributed by atoms with Gasteiger partial charge in [-0.25, -0.2) is 9.37 Å². The number of para-hydroxylation sites is 2. The van der Waals surface area contributed by atoms with Crippen molar-refractivity contribution in [2.75, 3.05) is 7.05 Å². The highest BCUT2D eigenvalue weighted by atomic mass is 79.9. The molecule has 0 saturated heterocycles. The van der Waals surface area contributed by atoms with Gasteiger partial charge < -0.3 is 9.88 Å². The van der Waals surface area contributed by atoms with Crippen LogP contribution in [-0.2, 0) is 6.54 Å². The molecule has 0 saturated carbocycles. The Morgan fingerprint density at radius 1 is 1.32 bits per heavy atom. The monoisotopic (exact) mass is 361 g/mol. The van der Waals surface area contributed by atoms with Gasteiger partial charge in [-0.15, -0.1) is 0 Å². The number of H-pyrrole nitrogens is 1. The molecule has 0 aliphatic carbocycles. The zero-order chi connectivity index (χ0) is 15.7. The van der Waals surface area contributed by atoms with Crippen molar-refractivity contribution in [1.82, 2.24) is 14.9 Å². The number of nitrogens with zero attached hydrogens (tertiary/aromatic N) is 2. The molecular weight excluding hydrogens is 349 g/mol. The smallest absolute Gasteiger partial charge is 0.254 e. The molecule has 0 fully saturated rings. The number of aromatic amines is 1. The average molecular weight is 362 g/mol. The van der Waals surface area contributed by atoms with Gasteiger partial charge in [0.05, 0.1) is 17.6 Å². The van der Waals surface area contributed by atoms with Gasteiger partial charge in [0.25, 0.3) is 5.91 Å². The predicted octanol–water partition coefficient (Wildman–Crippen LogP) is 3.74. The number of carbonyl (C=O) groups is 1. The van der Waals surface area contributed by atoms with Crippen molar-refractivity contribution in [3.63, 3.8) is 0 Å². The number of imidazole rings is 1. The average Bonchev–Trinajstić information content (AvgIpc) is 2.87. The summed E-state index contributed by atoms with van der Waals surface area (Å²) in [5, 5.41) is 0. The van der Waals surface area contributed by atoms with Crippen molar-refractivity contribution >= 4 is 32.9 Å². The molecule has 4 nitrogen and oxygen atoms in total. The summed E-state index contributed by atoms with van der Waals surface area (Å²) in [6.45, 7) is 0.321. The van der Waals surface area contributed by atoms with Gasteiger partial charge in [0, 0.05) is 17.1 Å². The number of benzene rings is 2. The Labute approximate surface area is 135 Å². The maximum Gasteiger partial charge on any atom is 0.254 e. The molecule has 22 heavy (non-hydrogen) atoms. The SMILES string of the molecule is CN(Cc1nc2ccccc2[nH]1)C(=O)c1cc(F)cc(Br)c1. The summed E-state index contributed by atoms with van der Waals surface area (Å²) in [5.74, 6) is -0.0250. The van der Waals surface area contributed by atoms with Gasteiger partial charge in [-0.05, 0) is 30.3 Å². The molecule has 1 heterocycles. The van der Waals surface area contributed by atoms with E-state index >= 15 is 0 Å². The van der Waals surface area contributed by atoms with Crippen LogP contribution in [0.5, 0.6) is 0 Å². The number of hydrogen-bond donors (Lipinski definition) is 1. The predicted molar refractivity (Wildman–Crippen MR) is 86.0 cm³/mol. The molecule has 1 amide bonds. The van der Waals surface area contributed by atoms with Crippen molar-refractivity contribution in [3.8, 4) is 0 Å². The first-order valence-corrected chi connectivity index (χ1v) is 7.47. The Morgan fingerprint density at radius 2 is 2.09 bits per heavy atom. The lowest BCUT2D eigenvalue weighted by atomic mass is 10.2. The van der Waals surface area contributed by atoms with E-state index in [1.54, 1.807) is 13.1 Å². The van der Waals surface area contributed by atoms with Crippen molar-refractivity contribution in [1.29, 1.82) is 0 Å². The molecule has 0 radical (unpaired) electrons. The highest BCUT2D eigenvalue weighted by molar-refractivity contribution is 9.10. The summed E-state index contributed by atoms with van der Waals surface area (Å²) >= 11 is 3.19. The normalized spacial score (nSPS) is 10.9. The highest BCUT2D eigenvalue weighted by Crippen LogP contribution is 2.17. The standard InChI is InChI=1S/C16H13BrFN3O/c1-21(16(22)10-6-11(17)8-12(18)7-10)9-15-19-13-4-2-3-5-14(13)20-15/h2-8H,9H2,1H3,(H,19,20). The van der Waals surface area contributed by atoms with Crippen LogP contribution in [0, 0.1) is 5.82 Å². The minimum atomic E-state index is -0.449. The van der Waals surface area contributed by atoms with E-state index in [-0.39, 0.29) is 5.91 Å². The van der Waals surface area contributed by atoms with Crippen LogP contribution in [0.3, 0.4) is 0 Å². The molecule has 0 unspecified atom stereocenters. The third kappa shape index (κ3) is 3.01. The van der Waals surface area contributed by atoms with Crippen LogP contribution in [0.4, 0.5) is 4.39 Å². The molecule has 112 valence electrons. The minimum Gasteiger partial charge on any atom is -0.340 e. The quantitative estimate of drug-likeness (QED) is 0.772. The van der Waals surface area contributed by atoms with Crippen LogP contribution >= 0.6 is 15.9 Å². The summed E-state index contributed by atoms with van der Waals surface area (Å²) in [5.41, 5.74) is 2.07. The van der Waals surface area contributed by atoms with Crippen LogP contribution in [0.2, 0.25) is 0 Å². The summed E-state index contributed by atoms with van der Waals surface area (Å²) in [6, 6.07) is 11.8. The Hall–Kier alpha value is -2.21. The van der Waals surface area contributed by atoms with Crippen LogP contribution in [0.25, 0.3) is 11.0 Å². The van der Waals surface area contributed by atoms with Crippen molar-refractivity contribution in [2.24, 2.45) is 0 Å². The molecule has 0 atom stereocenters. The van der Waals surface area contributed by atoms with Gasteiger partial charge in [0.15, 0.2) is 0 Å². The van der Waals surface area contributed by atoms with E-state index in [0.29, 0.717) is 22.4 Å². The van der Waals surface area contributed by atoms with Crippen molar-refractivity contribution in [3.05, 3.63) is 64.1 Å². The van der Waals surface area contributed by atoms with E-state index in [4.69, 9.17) is 0 Å². The third-order valence-corrected chi connectivity index (χ3v) is 3.74. The maximum absolute atomic E-state index is 13.4. The summed E-state index contributed by atoms with van der Waals surface area (Å²) in [6.07, 6.45) is 0. The third-order valence-electron chi connectivity index (χ3n) is 3.28. The maximum atomic E-state index is 13.4. The van der Waals surface area contributed by atoms with Crippen molar-refractivity contribution in [2.45, 2.75) is 6.54 Å². The first-order valence-electron chi connectivity index (χ1n) is 6.68. The van der Waals surface area contributed by atoms with E-state index in [0.717, 1.165) is 11.0 Å². The van der Waals surface area contributed by atoms with Crippen molar-refractivity contribution < 1.29 is 9.18 Å². The lowest BCUT2D eigenvalue weighted by molar-refractivity contribution is 0.0781. The minimum absolute atomic E-state index is 0.263. The number of nitrogens with one attached hydrogen (secondary N) is 1. The highest BCUT2D eigenvalue weighted by Gasteiger charge is 2.15. The number of hydrogen-bond acceptors (Lipinski definition) is 2. The summed E-state index contributed by atoms with van der Waals surface area (Å²) in [7, 11) is 1.66. The number of halogens is 2. The Bertz CT molecular complexity index is 793. The lowest BCUT2D eigenvalue weighted by Gasteiger charge is -2.16. The van der Waals surface area contributed by atoms with Gasteiger partial charge in [0.2, 0.25) is 0 Å². The Balaban J connectivity index is 1.81. The van der Waals surface area contributed by atoms with Gasteiger partial charge in [-0.2, -0.15) is 0 Å². The second-order valence-corrected chi connectivity index (χ2v) is 5.94. The van der Waals surface area contributed by atoms with Gasteiger partial charge >= 0.3 is 0 Å². The Kier molecular flexibility index (Phi) is 3.94. The largest absolute Gasteiger partial charge is 0.340 e. The number of aromatic nitrogens is 2. The summed E-state index contributed by atoms with van der Waals surface area (Å²) < 4.78 is 13.9. The number of carbonyl (C=O) groups excluding carboxylic acids is 1. The molecule has 0 spiro atoms. The van der Waals surface area contributed by atoms with Crippen LogP contribution < -0.4 is 0 Å². The second kappa shape index (κ2) is 5.88. The van der Waals surface area contributed by atoms with E-state index in [9.17, 15) is 9.18 Å². The van der Waals surface area contributed by atoms with Crippen LogP contribution in [0.15, 0.2) is 46.9 Å². The van der Waals surface area contributed by atoms with Gasteiger partial charge in [0.1, 0.15) is 11.6 Å². The molecule has 3 aromatic rings. The number of amides is 1. The number of fused-ring (bicyclic) bond motifs is 1. The molecule has 3 rings (SSSR count). The first-order chi connectivity index (χ1) is 10.5. The van der Waals surface area contributed by atoms with E-state index in [1.807, 2.05) is 24.3 Å². The first kappa shape index (κ1) is 14.7. The fraction of sp³-hybridized carbons (Fsp3) is 0.125. The molecule has 0 aliphatic rings. The topological polar surface area (TPSA) is 49.0 Å². The zero-order valence-corrected chi connectivity index (χ0v) is 13.4. The second-order valence-electron chi connectivity index (χ2n) is 5.02. The fourth-order valence-corrected chi connectivity index (χ4v) is 2.74. The number of rotatable bonds is 3. The van der Waals surface area contributed by atoms with E-state index in [2.05, 4.69) is 25.9 Å². The molecule has 1 N–H and O–H groups in total. The van der Waals surface area contributed by atoms with Gasteiger partial charge in [-0.3, -0.25) is 4.79 Å². The zero-order valence-electron chi connectivity index (χ0n) is 11.8. The van der Waals surface area contributed by atoms with E-state index in [1.165, 1.54) is 17.0 Å². The van der Waals surface area contributed by atoms with Crippen LogP contribution in [0.1, 0.15) is 16.2 Å². The fourth-order valence-electron chi connectivity index (χ4n) is 2.27. The van der Waals surface area contributed by atoms with Gasteiger partial charge in [-0.1, -0.05) is 28.1 Å². The summed E-state index contributed by atoms with van der Waals surface area (Å²) in [4.78, 5) is 21.5. The Morgan fingerprint density at radius 3 is 2.82 bits per heavy atom. The van der Waals surface area contributed by atoms with Crippen LogP contribution in [-0.4, -0.2) is 27.8 Å².